The minimum absolute atomic E-state index is 0.309. The molecule has 1 aromatic carbocycles. The molecule has 3 heteroatoms. The van der Waals surface area contributed by atoms with Gasteiger partial charge in [-0.3, -0.25) is 9.69 Å². The van der Waals surface area contributed by atoms with Gasteiger partial charge < -0.3 is 5.11 Å². The first-order valence-corrected chi connectivity index (χ1v) is 7.13. The van der Waals surface area contributed by atoms with Gasteiger partial charge in [-0.15, -0.1) is 0 Å². The van der Waals surface area contributed by atoms with E-state index in [0.717, 1.165) is 26.1 Å². The molecule has 0 saturated carbocycles. The lowest BCUT2D eigenvalue weighted by molar-refractivity contribution is -0.137. The Balaban J connectivity index is 1.83. The van der Waals surface area contributed by atoms with Crippen LogP contribution in [0.4, 0.5) is 0 Å². The largest absolute Gasteiger partial charge is 0.481 e. The minimum Gasteiger partial charge on any atom is -0.481 e. The van der Waals surface area contributed by atoms with Gasteiger partial charge in [0.15, 0.2) is 0 Å². The van der Waals surface area contributed by atoms with E-state index in [1.807, 2.05) is 0 Å². The molecule has 104 valence electrons. The molecule has 0 aliphatic carbocycles. The highest BCUT2D eigenvalue weighted by Crippen LogP contribution is 2.22. The van der Waals surface area contributed by atoms with E-state index in [9.17, 15) is 4.79 Å². The molecule has 1 N–H and O–H groups in total. The first-order chi connectivity index (χ1) is 9.13. The molecule has 1 aromatic rings. The molecule has 0 radical (unpaired) electrons. The third-order valence-corrected chi connectivity index (χ3v) is 3.90. The molecule has 1 unspecified atom stereocenters. The van der Waals surface area contributed by atoms with E-state index in [1.54, 1.807) is 0 Å². The second-order valence-electron chi connectivity index (χ2n) is 5.66. The van der Waals surface area contributed by atoms with Gasteiger partial charge in [-0.1, -0.05) is 29.8 Å². The summed E-state index contributed by atoms with van der Waals surface area (Å²) in [6.07, 6.45) is 3.50. The van der Waals surface area contributed by atoms with Crippen molar-refractivity contribution in [2.45, 2.75) is 39.2 Å². The monoisotopic (exact) mass is 261 g/mol. The summed E-state index contributed by atoms with van der Waals surface area (Å²) in [4.78, 5) is 13.1. The third-order valence-electron chi connectivity index (χ3n) is 3.90. The van der Waals surface area contributed by atoms with Crippen molar-refractivity contribution < 1.29 is 9.90 Å². The summed E-state index contributed by atoms with van der Waals surface area (Å²) < 4.78 is 0. The molecule has 2 rings (SSSR count). The zero-order chi connectivity index (χ0) is 13.7. The van der Waals surface area contributed by atoms with Gasteiger partial charge in [0.2, 0.25) is 0 Å². The predicted molar refractivity (Wildman–Crippen MR) is 76.0 cm³/mol. The van der Waals surface area contributed by atoms with Crippen molar-refractivity contribution in [3.8, 4) is 0 Å². The number of rotatable bonds is 5. The average molecular weight is 261 g/mol. The van der Waals surface area contributed by atoms with Crippen LogP contribution in [0.5, 0.6) is 0 Å². The quantitative estimate of drug-likeness (QED) is 0.885. The Kier molecular flexibility index (Phi) is 4.97. The zero-order valence-electron chi connectivity index (χ0n) is 11.6. The summed E-state index contributed by atoms with van der Waals surface area (Å²) >= 11 is 0. The summed E-state index contributed by atoms with van der Waals surface area (Å²) in [5.41, 5.74) is 2.64. The maximum Gasteiger partial charge on any atom is 0.303 e. The number of aryl methyl sites for hydroxylation is 1. The Hall–Kier alpha value is -1.35. The van der Waals surface area contributed by atoms with E-state index in [4.69, 9.17) is 5.11 Å². The van der Waals surface area contributed by atoms with Crippen molar-refractivity contribution >= 4 is 5.97 Å². The number of carboxylic acids is 1. The lowest BCUT2D eigenvalue weighted by Gasteiger charge is -2.32. The molecule has 0 spiro atoms. The summed E-state index contributed by atoms with van der Waals surface area (Å²) in [5.74, 6) is -0.119. The van der Waals surface area contributed by atoms with E-state index < -0.39 is 5.97 Å². The Bertz CT molecular complexity index is 413. The summed E-state index contributed by atoms with van der Waals surface area (Å²) in [5, 5.41) is 8.76. The van der Waals surface area contributed by atoms with Crippen LogP contribution in [-0.2, 0) is 11.3 Å². The van der Waals surface area contributed by atoms with Crippen molar-refractivity contribution in [1.29, 1.82) is 0 Å². The molecular weight excluding hydrogens is 238 g/mol. The van der Waals surface area contributed by atoms with Gasteiger partial charge in [0.1, 0.15) is 0 Å². The number of aliphatic carboxylic acids is 1. The highest BCUT2D eigenvalue weighted by Gasteiger charge is 2.20. The van der Waals surface area contributed by atoms with Crippen LogP contribution in [0, 0.1) is 12.8 Å². The standard InChI is InChI=1S/C16H23NO2/c1-13-4-6-15(7-5-13)12-17-10-2-3-14(11-17)8-9-16(18)19/h4-7,14H,2-3,8-12H2,1H3,(H,18,19). The Morgan fingerprint density at radius 3 is 2.79 bits per heavy atom. The van der Waals surface area contributed by atoms with Gasteiger partial charge >= 0.3 is 5.97 Å². The van der Waals surface area contributed by atoms with Gasteiger partial charge in [-0.25, -0.2) is 0 Å². The molecule has 1 aliphatic rings. The smallest absolute Gasteiger partial charge is 0.303 e. The number of hydrogen-bond acceptors (Lipinski definition) is 2. The van der Waals surface area contributed by atoms with Crippen LogP contribution in [0.3, 0.4) is 0 Å². The van der Waals surface area contributed by atoms with Gasteiger partial charge in [-0.05, 0) is 44.2 Å². The molecule has 19 heavy (non-hydrogen) atoms. The van der Waals surface area contributed by atoms with Crippen LogP contribution in [0.15, 0.2) is 24.3 Å². The second-order valence-corrected chi connectivity index (χ2v) is 5.66. The van der Waals surface area contributed by atoms with Gasteiger partial charge in [0.05, 0.1) is 0 Å². The Labute approximate surface area is 115 Å². The van der Waals surface area contributed by atoms with E-state index in [2.05, 4.69) is 36.1 Å². The fraction of sp³-hybridized carbons (Fsp3) is 0.562. The number of carboxylic acid groups (broad SMARTS) is 1. The average Bonchev–Trinajstić information content (AvgIpc) is 2.40. The maximum atomic E-state index is 10.6. The lowest BCUT2D eigenvalue weighted by Crippen LogP contribution is -2.35. The summed E-state index contributed by atoms with van der Waals surface area (Å²) in [6.45, 7) is 5.27. The topological polar surface area (TPSA) is 40.5 Å². The number of likely N-dealkylation sites (tertiary alicyclic amines) is 1. The fourth-order valence-corrected chi connectivity index (χ4v) is 2.81. The zero-order valence-corrected chi connectivity index (χ0v) is 11.6. The highest BCUT2D eigenvalue weighted by atomic mass is 16.4. The molecule has 1 atom stereocenters. The molecule has 3 nitrogen and oxygen atoms in total. The van der Waals surface area contributed by atoms with Crippen molar-refractivity contribution in [1.82, 2.24) is 4.90 Å². The Morgan fingerprint density at radius 2 is 2.11 bits per heavy atom. The third kappa shape index (κ3) is 4.67. The van der Waals surface area contributed by atoms with E-state index in [-0.39, 0.29) is 0 Å². The van der Waals surface area contributed by atoms with E-state index >= 15 is 0 Å². The number of benzene rings is 1. The first kappa shape index (κ1) is 14.1. The molecule has 0 bridgehead atoms. The van der Waals surface area contributed by atoms with Crippen LogP contribution >= 0.6 is 0 Å². The predicted octanol–water partition coefficient (Wildman–Crippen LogP) is 3.07. The first-order valence-electron chi connectivity index (χ1n) is 7.13. The molecule has 1 fully saturated rings. The van der Waals surface area contributed by atoms with E-state index in [0.29, 0.717) is 12.3 Å². The normalized spacial score (nSPS) is 20.4. The summed E-state index contributed by atoms with van der Waals surface area (Å²) in [6, 6.07) is 8.69. The van der Waals surface area contributed by atoms with Gasteiger partial charge in [0, 0.05) is 19.5 Å². The van der Waals surface area contributed by atoms with Crippen LogP contribution < -0.4 is 0 Å². The number of carbonyl (C=O) groups is 1. The molecule has 1 saturated heterocycles. The highest BCUT2D eigenvalue weighted by molar-refractivity contribution is 5.66. The lowest BCUT2D eigenvalue weighted by atomic mass is 9.93. The molecule has 1 heterocycles. The summed E-state index contributed by atoms with van der Waals surface area (Å²) in [7, 11) is 0. The van der Waals surface area contributed by atoms with Crippen molar-refractivity contribution in [2.75, 3.05) is 13.1 Å². The van der Waals surface area contributed by atoms with Crippen LogP contribution in [0.2, 0.25) is 0 Å². The number of nitrogens with zero attached hydrogens (tertiary/aromatic N) is 1. The Morgan fingerprint density at radius 1 is 1.37 bits per heavy atom. The minimum atomic E-state index is -0.671. The number of hydrogen-bond donors (Lipinski definition) is 1. The number of piperidine rings is 1. The second kappa shape index (κ2) is 6.71. The van der Waals surface area contributed by atoms with Crippen LogP contribution in [-0.4, -0.2) is 29.1 Å². The van der Waals surface area contributed by atoms with Crippen LogP contribution in [0.1, 0.15) is 36.8 Å². The van der Waals surface area contributed by atoms with E-state index in [1.165, 1.54) is 24.0 Å². The SMILES string of the molecule is Cc1ccc(CN2CCCC(CCC(=O)O)C2)cc1. The molecule has 0 amide bonds. The van der Waals surface area contributed by atoms with Crippen molar-refractivity contribution in [3.63, 3.8) is 0 Å². The molecule has 0 aromatic heterocycles. The molecular formula is C16H23NO2. The fourth-order valence-electron chi connectivity index (χ4n) is 2.81. The van der Waals surface area contributed by atoms with Gasteiger partial charge in [0.25, 0.3) is 0 Å². The maximum absolute atomic E-state index is 10.6. The van der Waals surface area contributed by atoms with Crippen LogP contribution in [0.25, 0.3) is 0 Å². The van der Waals surface area contributed by atoms with Crippen molar-refractivity contribution in [2.24, 2.45) is 5.92 Å². The van der Waals surface area contributed by atoms with Gasteiger partial charge in [-0.2, -0.15) is 0 Å². The molecule has 1 aliphatic heterocycles. The van der Waals surface area contributed by atoms with Crippen molar-refractivity contribution in [3.05, 3.63) is 35.4 Å².